The number of phenolic OH excluding ortho intramolecular Hbond substituents is 2. The van der Waals surface area contributed by atoms with Gasteiger partial charge in [-0.15, -0.1) is 0 Å². The lowest BCUT2D eigenvalue weighted by atomic mass is 10.1. The van der Waals surface area contributed by atoms with E-state index in [-0.39, 0.29) is 44.6 Å². The third-order valence-corrected chi connectivity index (χ3v) is 9.76. The van der Waals surface area contributed by atoms with Crippen LogP contribution in [0, 0.1) is 0 Å². The highest BCUT2D eigenvalue weighted by atomic mass is 32.2. The van der Waals surface area contributed by atoms with Crippen LogP contribution in [-0.4, -0.2) is 59.8 Å². The molecule has 18 heteroatoms. The van der Waals surface area contributed by atoms with Gasteiger partial charge in [0, 0.05) is 44.0 Å². The Morgan fingerprint density at radius 1 is 0.444 bits per heavy atom. The van der Waals surface area contributed by atoms with E-state index in [9.17, 15) is 55.3 Å². The summed E-state index contributed by atoms with van der Waals surface area (Å²) in [6, 6.07) is 24.6. The van der Waals surface area contributed by atoms with E-state index in [1.54, 1.807) is 12.1 Å². The van der Waals surface area contributed by atoms with Crippen LogP contribution in [0.5, 0.6) is 11.5 Å². The summed E-state index contributed by atoms with van der Waals surface area (Å²) >= 11 is 0. The third kappa shape index (κ3) is 7.66. The molecule has 0 spiro atoms. The minimum Gasteiger partial charge on any atom is -0.506 e. The van der Waals surface area contributed by atoms with Gasteiger partial charge in [-0.2, -0.15) is 16.8 Å². The molecule has 0 unspecified atom stereocenters. The van der Waals surface area contributed by atoms with Gasteiger partial charge in [-0.3, -0.25) is 28.3 Å². The number of phenols is 2. The van der Waals surface area contributed by atoms with Crippen molar-refractivity contribution in [2.75, 3.05) is 21.3 Å². The van der Waals surface area contributed by atoms with E-state index < -0.39 is 65.2 Å². The molecule has 54 heavy (non-hydrogen) atoms. The zero-order valence-corrected chi connectivity index (χ0v) is 28.9. The summed E-state index contributed by atoms with van der Waals surface area (Å²) in [5.74, 6) is -4.90. The molecule has 0 aliphatic rings. The maximum atomic E-state index is 13.0. The molecule has 0 saturated carbocycles. The number of rotatable bonds is 8. The molecular formula is C36H26N4O12S2. The average Bonchev–Trinajstić information content (AvgIpc) is 3.13. The van der Waals surface area contributed by atoms with Crippen LogP contribution in [0.25, 0.3) is 21.5 Å². The number of aromatic hydroxyl groups is 2. The fourth-order valence-electron chi connectivity index (χ4n) is 5.44. The topological polar surface area (TPSA) is 266 Å². The van der Waals surface area contributed by atoms with Gasteiger partial charge in [-0.1, -0.05) is 48.5 Å². The average molecular weight is 771 g/mol. The first kappa shape index (κ1) is 36.9. The van der Waals surface area contributed by atoms with Crippen LogP contribution in [0.3, 0.4) is 0 Å². The number of benzene rings is 6. The normalized spacial score (nSPS) is 11.5. The second-order valence-corrected chi connectivity index (χ2v) is 14.3. The summed E-state index contributed by atoms with van der Waals surface area (Å²) in [4.78, 5) is 49.7. The monoisotopic (exact) mass is 770 g/mol. The van der Waals surface area contributed by atoms with Crippen LogP contribution in [-0.2, 0) is 29.8 Å². The van der Waals surface area contributed by atoms with Gasteiger partial charge >= 0.3 is 11.8 Å². The zero-order valence-electron chi connectivity index (χ0n) is 27.3. The highest BCUT2D eigenvalue weighted by molar-refractivity contribution is 7.86. The van der Waals surface area contributed by atoms with Crippen molar-refractivity contribution in [3.8, 4) is 11.5 Å². The first-order chi connectivity index (χ1) is 25.5. The predicted octanol–water partition coefficient (Wildman–Crippen LogP) is 4.98. The van der Waals surface area contributed by atoms with Gasteiger partial charge in [0.2, 0.25) is 0 Å². The molecule has 0 bridgehead atoms. The van der Waals surface area contributed by atoms with Crippen LogP contribution < -0.4 is 21.3 Å². The van der Waals surface area contributed by atoms with Crippen molar-refractivity contribution in [2.24, 2.45) is 0 Å². The minimum atomic E-state index is -4.84. The van der Waals surface area contributed by atoms with Crippen molar-refractivity contribution >= 4 is 88.2 Å². The lowest BCUT2D eigenvalue weighted by Crippen LogP contribution is -2.29. The SMILES string of the molecule is O=C(Nc1ccc(C(=O)Nc2cc(S(=O)(=O)O)c(O)c3ccccc23)cc1)C(=O)Nc1ccc(C(=O)Nc2cc(S(=O)(=O)O)c(O)c3ccccc23)cc1. The largest absolute Gasteiger partial charge is 0.506 e. The lowest BCUT2D eigenvalue weighted by molar-refractivity contribution is -0.132. The van der Waals surface area contributed by atoms with Crippen molar-refractivity contribution in [3.63, 3.8) is 0 Å². The first-order valence-electron chi connectivity index (χ1n) is 15.4. The number of carbonyl (C=O) groups is 4. The molecule has 4 amide bonds. The molecule has 6 aromatic rings. The number of anilines is 4. The van der Waals surface area contributed by atoms with Gasteiger partial charge in [-0.25, -0.2) is 0 Å². The smallest absolute Gasteiger partial charge is 0.314 e. The molecule has 0 heterocycles. The molecule has 0 atom stereocenters. The summed E-state index contributed by atoms with van der Waals surface area (Å²) in [5.41, 5.74) is 0.407. The summed E-state index contributed by atoms with van der Waals surface area (Å²) in [6.07, 6.45) is 0. The molecule has 0 aliphatic heterocycles. The Bertz CT molecular complexity index is 2560. The fraction of sp³-hybridized carbons (Fsp3) is 0. The molecule has 0 fully saturated rings. The molecule has 6 aromatic carbocycles. The predicted molar refractivity (Wildman–Crippen MR) is 197 cm³/mol. The number of nitrogens with one attached hydrogen (secondary N) is 4. The summed E-state index contributed by atoms with van der Waals surface area (Å²) < 4.78 is 66.4. The molecule has 0 aromatic heterocycles. The number of fused-ring (bicyclic) bond motifs is 2. The summed E-state index contributed by atoms with van der Waals surface area (Å²) in [7, 11) is -9.68. The van der Waals surface area contributed by atoms with Crippen LogP contribution in [0.4, 0.5) is 22.7 Å². The Hall–Kier alpha value is -6.86. The third-order valence-electron chi connectivity index (χ3n) is 8.03. The van der Waals surface area contributed by atoms with Gasteiger partial charge in [-0.05, 0) is 60.7 Å². The van der Waals surface area contributed by atoms with Crippen LogP contribution in [0.1, 0.15) is 20.7 Å². The van der Waals surface area contributed by atoms with Crippen molar-refractivity contribution in [2.45, 2.75) is 9.79 Å². The molecular weight excluding hydrogens is 745 g/mol. The molecule has 274 valence electrons. The summed E-state index contributed by atoms with van der Waals surface area (Å²) in [6.45, 7) is 0. The Kier molecular flexibility index (Phi) is 9.76. The second-order valence-electron chi connectivity index (χ2n) is 11.6. The Labute approximate surface area is 305 Å². The van der Waals surface area contributed by atoms with E-state index in [1.165, 1.54) is 84.9 Å². The molecule has 0 radical (unpaired) electrons. The van der Waals surface area contributed by atoms with Crippen molar-refractivity contribution in [1.29, 1.82) is 0 Å². The van der Waals surface area contributed by atoms with Gasteiger partial charge in [0.05, 0.1) is 11.4 Å². The van der Waals surface area contributed by atoms with E-state index in [0.29, 0.717) is 10.8 Å². The molecule has 0 aliphatic carbocycles. The second kappa shape index (κ2) is 14.3. The number of hydrogen-bond acceptors (Lipinski definition) is 10. The van der Waals surface area contributed by atoms with Gasteiger partial charge < -0.3 is 31.5 Å². The van der Waals surface area contributed by atoms with Crippen molar-refractivity contribution < 1.29 is 55.3 Å². The van der Waals surface area contributed by atoms with Crippen LogP contribution in [0.2, 0.25) is 0 Å². The zero-order chi connectivity index (χ0) is 38.9. The van der Waals surface area contributed by atoms with Gasteiger partial charge in [0.1, 0.15) is 21.3 Å². The molecule has 8 N–H and O–H groups in total. The Morgan fingerprint density at radius 2 is 0.759 bits per heavy atom. The van der Waals surface area contributed by atoms with Crippen molar-refractivity contribution in [3.05, 3.63) is 120 Å². The Balaban J connectivity index is 1.09. The lowest BCUT2D eigenvalue weighted by Gasteiger charge is -2.13. The maximum Gasteiger partial charge on any atom is 0.314 e. The first-order valence-corrected chi connectivity index (χ1v) is 18.3. The van der Waals surface area contributed by atoms with Gasteiger partial charge in [0.25, 0.3) is 32.1 Å². The molecule has 6 rings (SSSR count). The Morgan fingerprint density at radius 3 is 1.07 bits per heavy atom. The highest BCUT2D eigenvalue weighted by Gasteiger charge is 2.23. The van der Waals surface area contributed by atoms with Crippen LogP contribution in [0.15, 0.2) is 119 Å². The van der Waals surface area contributed by atoms with E-state index in [1.807, 2.05) is 0 Å². The highest BCUT2D eigenvalue weighted by Crippen LogP contribution is 2.38. The molecule has 16 nitrogen and oxygen atoms in total. The maximum absolute atomic E-state index is 13.0. The summed E-state index contributed by atoms with van der Waals surface area (Å²) in [5, 5.41) is 31.3. The number of hydrogen-bond donors (Lipinski definition) is 8. The van der Waals surface area contributed by atoms with E-state index in [0.717, 1.165) is 12.1 Å². The van der Waals surface area contributed by atoms with Gasteiger partial charge in [0.15, 0.2) is 0 Å². The number of carbonyl (C=O) groups excluding carboxylic acids is 4. The quantitative estimate of drug-likeness (QED) is 0.0579. The van der Waals surface area contributed by atoms with Crippen LogP contribution >= 0.6 is 0 Å². The fourth-order valence-corrected chi connectivity index (χ4v) is 6.69. The number of amides is 4. The van der Waals surface area contributed by atoms with Crippen molar-refractivity contribution in [1.82, 2.24) is 0 Å². The van der Waals surface area contributed by atoms with E-state index in [2.05, 4.69) is 21.3 Å². The minimum absolute atomic E-state index is 0.0102. The molecule has 0 saturated heterocycles. The van der Waals surface area contributed by atoms with E-state index >= 15 is 0 Å². The van der Waals surface area contributed by atoms with E-state index in [4.69, 9.17) is 0 Å². The standard InChI is InChI=1S/C36H26N4O12S2/c41-31-25-7-3-1-5-23(25)27(17-29(31)53(47,48)49)39-33(43)19-9-13-21(14-10-19)37-35(45)36(46)38-22-15-11-20(12-16-22)34(44)40-28-18-30(54(50,51)52)32(42)26-8-4-2-6-24(26)28/h1-18,41-42H,(H,37,45)(H,38,46)(H,39,43)(H,40,44)(H,47,48,49)(H,50,51,52).